The molecule has 2 amide bonds. The average Bonchev–Trinajstić information content (AvgIpc) is 2.56. The minimum Gasteiger partial charge on any atom is -0.492 e. The van der Waals surface area contributed by atoms with Crippen LogP contribution in [0.15, 0.2) is 36.5 Å². The average molecular weight is 346 g/mol. The monoisotopic (exact) mass is 345 g/mol. The molecule has 1 aliphatic heterocycles. The number of Topliss-reactive ketones (excluding diaryl/α,β-unsaturated/α-hetero) is 1. The summed E-state index contributed by atoms with van der Waals surface area (Å²) < 4.78 is 5.57. The molecule has 1 aliphatic rings. The van der Waals surface area contributed by atoms with E-state index in [4.69, 9.17) is 16.3 Å². The fourth-order valence-electron chi connectivity index (χ4n) is 2.52. The number of halogens is 1. The number of pyridine rings is 1. The van der Waals surface area contributed by atoms with Crippen LogP contribution in [0.25, 0.3) is 0 Å². The topological polar surface area (TPSA) is 80.3 Å². The number of amides is 2. The molecule has 1 aromatic heterocycles. The van der Waals surface area contributed by atoms with Gasteiger partial charge in [0.15, 0.2) is 5.78 Å². The number of fused-ring (bicyclic) bond motifs is 1. The normalized spacial score (nSPS) is 15.8. The molecule has 0 radical (unpaired) electrons. The van der Waals surface area contributed by atoms with Crippen LogP contribution in [-0.2, 0) is 0 Å². The summed E-state index contributed by atoms with van der Waals surface area (Å²) in [6.07, 6.45) is 2.08. The van der Waals surface area contributed by atoms with E-state index in [9.17, 15) is 9.59 Å². The van der Waals surface area contributed by atoms with Crippen LogP contribution in [0.5, 0.6) is 5.75 Å². The van der Waals surface area contributed by atoms with Gasteiger partial charge in [0.25, 0.3) is 0 Å². The van der Waals surface area contributed by atoms with Gasteiger partial charge in [0.1, 0.15) is 11.6 Å². The van der Waals surface area contributed by atoms with Crippen LogP contribution in [0.4, 0.5) is 10.6 Å². The lowest BCUT2D eigenvalue weighted by molar-refractivity contribution is 0.101. The number of hydrogen-bond donors (Lipinski definition) is 2. The van der Waals surface area contributed by atoms with E-state index in [2.05, 4.69) is 15.6 Å². The number of ether oxygens (including phenoxy) is 1. The molecule has 2 N–H and O–H groups in total. The fourth-order valence-corrected chi connectivity index (χ4v) is 2.76. The van der Waals surface area contributed by atoms with Gasteiger partial charge in [-0.05, 0) is 25.1 Å². The number of nitrogens with zero attached hydrogens (tertiary/aromatic N) is 1. The number of carbonyl (C=O) groups excluding carboxylic acids is 2. The van der Waals surface area contributed by atoms with Crippen molar-refractivity contribution < 1.29 is 14.3 Å². The Morgan fingerprint density at radius 3 is 2.83 bits per heavy atom. The van der Waals surface area contributed by atoms with E-state index in [0.29, 0.717) is 35.2 Å². The Hall–Kier alpha value is -2.60. The molecule has 24 heavy (non-hydrogen) atoms. The largest absolute Gasteiger partial charge is 0.492 e. The van der Waals surface area contributed by atoms with E-state index < -0.39 is 0 Å². The van der Waals surface area contributed by atoms with Gasteiger partial charge in [0, 0.05) is 23.7 Å². The molecule has 0 saturated carbocycles. The first kappa shape index (κ1) is 16.3. The molecule has 0 aliphatic carbocycles. The Bertz CT molecular complexity index is 777. The highest BCUT2D eigenvalue weighted by atomic mass is 35.5. The number of urea groups is 1. The van der Waals surface area contributed by atoms with Crippen LogP contribution in [0.1, 0.15) is 35.3 Å². The molecule has 0 bridgehead atoms. The second kappa shape index (κ2) is 6.88. The number of para-hydroxylation sites is 1. The third-order valence-corrected chi connectivity index (χ3v) is 4.04. The summed E-state index contributed by atoms with van der Waals surface area (Å²) in [6, 6.07) is 8.10. The summed E-state index contributed by atoms with van der Waals surface area (Å²) in [5, 5.41) is 6.08. The van der Waals surface area contributed by atoms with E-state index in [0.717, 1.165) is 5.56 Å². The fraction of sp³-hybridized carbons (Fsp3) is 0.235. The van der Waals surface area contributed by atoms with Crippen molar-refractivity contribution >= 4 is 29.2 Å². The molecule has 0 fully saturated rings. The predicted octanol–water partition coefficient (Wildman–Crippen LogP) is 3.58. The van der Waals surface area contributed by atoms with Crippen molar-refractivity contribution in [3.63, 3.8) is 0 Å². The van der Waals surface area contributed by atoms with E-state index in [1.165, 1.54) is 13.1 Å². The molecule has 2 heterocycles. The highest BCUT2D eigenvalue weighted by molar-refractivity contribution is 6.32. The van der Waals surface area contributed by atoms with Crippen molar-refractivity contribution in [1.82, 2.24) is 10.3 Å². The minimum atomic E-state index is -0.379. The Morgan fingerprint density at radius 1 is 1.29 bits per heavy atom. The molecule has 1 aromatic carbocycles. The molecule has 0 unspecified atom stereocenters. The first-order valence-corrected chi connectivity index (χ1v) is 7.88. The van der Waals surface area contributed by atoms with Crippen LogP contribution in [-0.4, -0.2) is 23.4 Å². The number of hydrogen-bond acceptors (Lipinski definition) is 4. The quantitative estimate of drug-likeness (QED) is 0.833. The standard InChI is InChI=1S/C17H16ClN3O3/c1-10(22)11-5-6-15(19-9-11)21-17(23)20-14-7-8-24-16-12(14)3-2-4-13(16)18/h2-6,9,14H,7-8H2,1H3,(H2,19,20,21,23)/t14-/m0/s1. The molecular formula is C17H16ClN3O3. The van der Waals surface area contributed by atoms with Crippen molar-refractivity contribution in [2.45, 2.75) is 19.4 Å². The zero-order valence-corrected chi connectivity index (χ0v) is 13.8. The van der Waals surface area contributed by atoms with Crippen LogP contribution >= 0.6 is 11.6 Å². The molecule has 3 rings (SSSR count). The van der Waals surface area contributed by atoms with E-state index >= 15 is 0 Å². The van der Waals surface area contributed by atoms with Gasteiger partial charge >= 0.3 is 6.03 Å². The Kier molecular flexibility index (Phi) is 4.66. The minimum absolute atomic E-state index is 0.0748. The summed E-state index contributed by atoms with van der Waals surface area (Å²) in [4.78, 5) is 27.5. The van der Waals surface area contributed by atoms with Gasteiger partial charge in [0.2, 0.25) is 0 Å². The first-order valence-electron chi connectivity index (χ1n) is 7.50. The second-order valence-electron chi connectivity index (χ2n) is 5.43. The van der Waals surface area contributed by atoms with Crippen LogP contribution < -0.4 is 15.4 Å². The van der Waals surface area contributed by atoms with Crippen LogP contribution in [0, 0.1) is 0 Å². The third kappa shape index (κ3) is 3.49. The smallest absolute Gasteiger partial charge is 0.320 e. The molecular weight excluding hydrogens is 330 g/mol. The maximum Gasteiger partial charge on any atom is 0.320 e. The van der Waals surface area contributed by atoms with Gasteiger partial charge < -0.3 is 10.1 Å². The number of rotatable bonds is 3. The third-order valence-electron chi connectivity index (χ3n) is 3.74. The summed E-state index contributed by atoms with van der Waals surface area (Å²) in [6.45, 7) is 1.94. The summed E-state index contributed by atoms with van der Waals surface area (Å²) in [5.74, 6) is 0.907. The maximum absolute atomic E-state index is 12.2. The number of nitrogens with one attached hydrogen (secondary N) is 2. The molecule has 124 valence electrons. The van der Waals surface area contributed by atoms with Gasteiger partial charge in [0.05, 0.1) is 17.7 Å². The van der Waals surface area contributed by atoms with Crippen LogP contribution in [0.3, 0.4) is 0 Å². The maximum atomic E-state index is 12.2. The molecule has 6 nitrogen and oxygen atoms in total. The van der Waals surface area contributed by atoms with E-state index in [-0.39, 0.29) is 17.9 Å². The van der Waals surface area contributed by atoms with Gasteiger partial charge in [-0.25, -0.2) is 9.78 Å². The highest BCUT2D eigenvalue weighted by Crippen LogP contribution is 2.37. The predicted molar refractivity (Wildman–Crippen MR) is 90.7 cm³/mol. The lowest BCUT2D eigenvalue weighted by Crippen LogP contribution is -2.35. The number of carbonyl (C=O) groups is 2. The van der Waals surface area contributed by atoms with E-state index in [1.54, 1.807) is 18.2 Å². The highest BCUT2D eigenvalue weighted by Gasteiger charge is 2.24. The molecule has 2 aromatic rings. The van der Waals surface area contributed by atoms with Crippen molar-refractivity contribution in [2.75, 3.05) is 11.9 Å². The number of aromatic nitrogens is 1. The lowest BCUT2D eigenvalue weighted by atomic mass is 10.0. The van der Waals surface area contributed by atoms with Crippen molar-refractivity contribution in [2.24, 2.45) is 0 Å². The van der Waals surface area contributed by atoms with E-state index in [1.807, 2.05) is 12.1 Å². The van der Waals surface area contributed by atoms with Gasteiger partial charge in [-0.3, -0.25) is 10.1 Å². The van der Waals surface area contributed by atoms with Crippen molar-refractivity contribution in [3.05, 3.63) is 52.7 Å². The molecule has 7 heteroatoms. The summed E-state index contributed by atoms with van der Waals surface area (Å²) in [7, 11) is 0. The van der Waals surface area contributed by atoms with Gasteiger partial charge in [-0.15, -0.1) is 0 Å². The Morgan fingerprint density at radius 2 is 2.12 bits per heavy atom. The molecule has 1 atom stereocenters. The SMILES string of the molecule is CC(=O)c1ccc(NC(=O)N[C@H]2CCOc3c(Cl)cccc32)nc1. The van der Waals surface area contributed by atoms with Crippen molar-refractivity contribution in [3.8, 4) is 5.75 Å². The van der Waals surface area contributed by atoms with Crippen molar-refractivity contribution in [1.29, 1.82) is 0 Å². The first-order chi connectivity index (χ1) is 11.5. The van der Waals surface area contributed by atoms with Gasteiger partial charge in [-0.1, -0.05) is 23.7 Å². The second-order valence-corrected chi connectivity index (χ2v) is 5.84. The molecule has 0 saturated heterocycles. The number of anilines is 1. The number of benzene rings is 1. The molecule has 0 spiro atoms. The Balaban J connectivity index is 1.68. The number of ketones is 1. The zero-order valence-electron chi connectivity index (χ0n) is 13.0. The summed E-state index contributed by atoms with van der Waals surface area (Å²) >= 11 is 6.12. The van der Waals surface area contributed by atoms with Crippen LogP contribution in [0.2, 0.25) is 5.02 Å². The van der Waals surface area contributed by atoms with Gasteiger partial charge in [-0.2, -0.15) is 0 Å². The zero-order chi connectivity index (χ0) is 17.1. The summed E-state index contributed by atoms with van der Waals surface area (Å²) in [5.41, 5.74) is 1.35. The lowest BCUT2D eigenvalue weighted by Gasteiger charge is -2.27. The Labute approximate surface area is 144 Å².